The van der Waals surface area contributed by atoms with Gasteiger partial charge in [0, 0.05) is 11.3 Å². The Morgan fingerprint density at radius 2 is 1.95 bits per heavy atom. The Balaban J connectivity index is 2.59. The molecular weight excluding hydrogens is 284 g/mol. The summed E-state index contributed by atoms with van der Waals surface area (Å²) in [6.07, 6.45) is 0.444. The summed E-state index contributed by atoms with van der Waals surface area (Å²) in [5.41, 5.74) is -0.0554. The molecule has 1 aromatic rings. The normalized spacial score (nSPS) is 12.4. The van der Waals surface area contributed by atoms with Crippen LogP contribution < -0.4 is 10.0 Å². The summed E-state index contributed by atoms with van der Waals surface area (Å²) in [7, 11) is -2.01. The summed E-state index contributed by atoms with van der Waals surface area (Å²) in [5.74, 6) is -0.0288. The van der Waals surface area contributed by atoms with E-state index in [1.165, 1.54) is 7.05 Å². The predicted octanol–water partition coefficient (Wildman–Crippen LogP) is 1.71. The lowest BCUT2D eigenvalue weighted by Gasteiger charge is -2.16. The number of carbonyl (C=O) groups is 1. The maximum atomic E-state index is 11.7. The van der Waals surface area contributed by atoms with E-state index < -0.39 is 10.0 Å². The molecule has 1 heterocycles. The Labute approximate surface area is 118 Å². The van der Waals surface area contributed by atoms with E-state index in [1.807, 2.05) is 20.8 Å². The quantitative estimate of drug-likeness (QED) is 0.869. The highest BCUT2D eigenvalue weighted by molar-refractivity contribution is 7.91. The first kappa shape index (κ1) is 16.1. The first-order valence-corrected chi connectivity index (χ1v) is 8.23. The van der Waals surface area contributed by atoms with E-state index >= 15 is 0 Å². The third-order valence-corrected chi connectivity index (χ3v) is 5.31. The molecule has 0 fully saturated rings. The van der Waals surface area contributed by atoms with Crippen LogP contribution in [0.15, 0.2) is 16.3 Å². The zero-order valence-corrected chi connectivity index (χ0v) is 13.2. The smallest absolute Gasteiger partial charge is 0.249 e. The number of amides is 1. The van der Waals surface area contributed by atoms with Gasteiger partial charge in [0.25, 0.3) is 0 Å². The molecule has 0 radical (unpaired) electrons. The van der Waals surface area contributed by atoms with Gasteiger partial charge in [-0.25, -0.2) is 13.1 Å². The lowest BCUT2D eigenvalue weighted by atomic mass is 9.92. The fraction of sp³-hybridized carbons (Fsp3) is 0.583. The van der Waals surface area contributed by atoms with E-state index in [9.17, 15) is 13.2 Å². The highest BCUT2D eigenvalue weighted by atomic mass is 32.2. The van der Waals surface area contributed by atoms with Gasteiger partial charge in [0.05, 0.1) is 6.54 Å². The Morgan fingerprint density at radius 1 is 1.32 bits per heavy atom. The van der Waals surface area contributed by atoms with Gasteiger partial charge in [-0.2, -0.15) is 0 Å². The molecule has 0 aliphatic rings. The van der Waals surface area contributed by atoms with Crippen LogP contribution in [0.5, 0.6) is 0 Å². The first-order chi connectivity index (χ1) is 8.64. The fourth-order valence-electron chi connectivity index (χ4n) is 1.43. The average Bonchev–Trinajstić information content (AvgIpc) is 2.73. The lowest BCUT2D eigenvalue weighted by molar-refractivity contribution is -0.122. The van der Waals surface area contributed by atoms with Crippen LogP contribution in [-0.2, 0) is 21.4 Å². The summed E-state index contributed by atoms with van der Waals surface area (Å²) in [6, 6.07) is 3.26. The Hall–Kier alpha value is -0.920. The monoisotopic (exact) mass is 304 g/mol. The van der Waals surface area contributed by atoms with Crippen molar-refractivity contribution >= 4 is 27.3 Å². The highest BCUT2D eigenvalue weighted by Gasteiger charge is 2.17. The Kier molecular flexibility index (Phi) is 5.11. The summed E-state index contributed by atoms with van der Waals surface area (Å²) in [4.78, 5) is 12.5. The SMILES string of the molecule is CNS(=O)(=O)c1ccc(CNC(=O)CC(C)(C)C)s1. The van der Waals surface area contributed by atoms with E-state index in [0.717, 1.165) is 16.2 Å². The predicted molar refractivity (Wildman–Crippen MR) is 76.5 cm³/mol. The molecule has 5 nitrogen and oxygen atoms in total. The molecule has 1 amide bonds. The van der Waals surface area contributed by atoms with Crippen LogP contribution >= 0.6 is 11.3 Å². The third kappa shape index (κ3) is 5.30. The van der Waals surface area contributed by atoms with Gasteiger partial charge in [-0.1, -0.05) is 20.8 Å². The Morgan fingerprint density at radius 3 is 2.47 bits per heavy atom. The fourth-order valence-corrected chi connectivity index (χ4v) is 3.56. The molecule has 0 aliphatic carbocycles. The van der Waals surface area contributed by atoms with Crippen molar-refractivity contribution in [1.82, 2.24) is 10.0 Å². The van der Waals surface area contributed by atoms with Gasteiger partial charge in [0.15, 0.2) is 0 Å². The first-order valence-electron chi connectivity index (χ1n) is 5.93. The molecule has 0 bridgehead atoms. The lowest BCUT2D eigenvalue weighted by Crippen LogP contribution is -2.26. The minimum Gasteiger partial charge on any atom is -0.351 e. The summed E-state index contributed by atoms with van der Waals surface area (Å²) < 4.78 is 25.6. The minimum absolute atomic E-state index is 0.0288. The van der Waals surface area contributed by atoms with Gasteiger partial charge in [0.1, 0.15) is 4.21 Å². The van der Waals surface area contributed by atoms with Crippen molar-refractivity contribution in [2.75, 3.05) is 7.05 Å². The number of sulfonamides is 1. The topological polar surface area (TPSA) is 75.3 Å². The van der Waals surface area contributed by atoms with Crippen molar-refractivity contribution < 1.29 is 13.2 Å². The minimum atomic E-state index is -3.39. The van der Waals surface area contributed by atoms with E-state index in [1.54, 1.807) is 12.1 Å². The molecule has 0 aliphatic heterocycles. The molecule has 2 N–H and O–H groups in total. The van der Waals surface area contributed by atoms with Crippen molar-refractivity contribution in [2.45, 2.75) is 37.9 Å². The molecular formula is C12H20N2O3S2. The van der Waals surface area contributed by atoms with E-state index in [0.29, 0.717) is 13.0 Å². The highest BCUT2D eigenvalue weighted by Crippen LogP contribution is 2.22. The van der Waals surface area contributed by atoms with Crippen molar-refractivity contribution in [3.63, 3.8) is 0 Å². The summed E-state index contributed by atoms with van der Waals surface area (Å²) in [6.45, 7) is 6.35. The molecule has 0 spiro atoms. The molecule has 0 aromatic carbocycles. The molecule has 0 unspecified atom stereocenters. The molecule has 0 saturated carbocycles. The van der Waals surface area contributed by atoms with Gasteiger partial charge < -0.3 is 5.32 Å². The number of carbonyl (C=O) groups excluding carboxylic acids is 1. The molecule has 7 heteroatoms. The van der Waals surface area contributed by atoms with E-state index in [2.05, 4.69) is 10.0 Å². The second-order valence-corrected chi connectivity index (χ2v) is 8.72. The van der Waals surface area contributed by atoms with Crippen LogP contribution in [-0.4, -0.2) is 21.4 Å². The van der Waals surface area contributed by atoms with Crippen LogP contribution in [0.25, 0.3) is 0 Å². The molecule has 108 valence electrons. The molecule has 1 aromatic heterocycles. The standard InChI is InChI=1S/C12H20N2O3S2/c1-12(2,3)7-10(15)14-8-9-5-6-11(18-9)19(16,17)13-4/h5-6,13H,7-8H2,1-4H3,(H,14,15). The molecule has 1 rings (SSSR count). The van der Waals surface area contributed by atoms with Gasteiger partial charge >= 0.3 is 0 Å². The van der Waals surface area contributed by atoms with Crippen molar-refractivity contribution in [3.8, 4) is 0 Å². The second kappa shape index (κ2) is 6.02. The Bertz CT molecular complexity index is 542. The zero-order chi connectivity index (χ0) is 14.7. The number of nitrogens with one attached hydrogen (secondary N) is 2. The second-order valence-electron chi connectivity index (χ2n) is 5.44. The number of hydrogen-bond acceptors (Lipinski definition) is 4. The zero-order valence-electron chi connectivity index (χ0n) is 11.6. The molecule has 19 heavy (non-hydrogen) atoms. The third-order valence-electron chi connectivity index (χ3n) is 2.32. The summed E-state index contributed by atoms with van der Waals surface area (Å²) >= 11 is 1.16. The molecule has 0 saturated heterocycles. The largest absolute Gasteiger partial charge is 0.351 e. The van der Waals surface area contributed by atoms with E-state index in [-0.39, 0.29) is 15.5 Å². The van der Waals surface area contributed by atoms with Crippen LogP contribution in [0.3, 0.4) is 0 Å². The van der Waals surface area contributed by atoms with E-state index in [4.69, 9.17) is 0 Å². The van der Waals surface area contributed by atoms with Crippen LogP contribution in [0.1, 0.15) is 32.1 Å². The maximum Gasteiger partial charge on any atom is 0.249 e. The van der Waals surface area contributed by atoms with Crippen LogP contribution in [0.4, 0.5) is 0 Å². The van der Waals surface area contributed by atoms with Crippen molar-refractivity contribution in [3.05, 3.63) is 17.0 Å². The number of rotatable bonds is 5. The van der Waals surface area contributed by atoms with Crippen molar-refractivity contribution in [1.29, 1.82) is 0 Å². The number of hydrogen-bond donors (Lipinski definition) is 2. The van der Waals surface area contributed by atoms with Crippen LogP contribution in [0.2, 0.25) is 0 Å². The van der Waals surface area contributed by atoms with Gasteiger partial charge in [-0.15, -0.1) is 11.3 Å². The van der Waals surface area contributed by atoms with Crippen molar-refractivity contribution in [2.24, 2.45) is 5.41 Å². The van der Waals surface area contributed by atoms with Gasteiger partial charge in [-0.3, -0.25) is 4.79 Å². The van der Waals surface area contributed by atoms with Crippen LogP contribution in [0, 0.1) is 5.41 Å². The van der Waals surface area contributed by atoms with Gasteiger partial charge in [-0.05, 0) is 24.6 Å². The average molecular weight is 304 g/mol. The summed E-state index contributed by atoms with van der Waals surface area (Å²) in [5, 5.41) is 2.79. The maximum absolute atomic E-state index is 11.7. The van der Waals surface area contributed by atoms with Gasteiger partial charge in [0.2, 0.25) is 15.9 Å². The molecule has 0 atom stereocenters. The number of thiophene rings is 1.